The maximum Gasteiger partial charge on any atom is 0.333 e. The average molecular weight is 149 g/mol. The van der Waals surface area contributed by atoms with Crippen LogP contribution < -0.4 is 0 Å². The van der Waals surface area contributed by atoms with Crippen molar-refractivity contribution < 1.29 is 9.90 Å². The van der Waals surface area contributed by atoms with Gasteiger partial charge in [0.15, 0.2) is 4.58 Å². The van der Waals surface area contributed by atoms with E-state index in [4.69, 9.17) is 5.11 Å². The molecule has 1 rings (SSSR count). The molecule has 0 aromatic rings. The highest BCUT2D eigenvalue weighted by Gasteiger charge is 2.24. The lowest BCUT2D eigenvalue weighted by Crippen LogP contribution is -1.98. The van der Waals surface area contributed by atoms with Crippen molar-refractivity contribution in [3.05, 3.63) is 4.58 Å². The molecule has 45 valence electrons. The third-order valence-corrected chi connectivity index (χ3v) is 3.38. The van der Waals surface area contributed by atoms with E-state index in [2.05, 4.69) is 0 Å². The molecule has 0 bridgehead atoms. The maximum absolute atomic E-state index is 10.1. The first kappa shape index (κ1) is 6.29. The molecule has 0 saturated carbocycles. The summed E-state index contributed by atoms with van der Waals surface area (Å²) < 4.78 is 0.546. The number of carboxylic acid groups (broad SMARTS) is 1. The monoisotopic (exact) mass is 149 g/mol. The van der Waals surface area contributed by atoms with Crippen LogP contribution in [0.15, 0.2) is 0 Å². The van der Waals surface area contributed by atoms with Gasteiger partial charge in [-0.3, -0.25) is 0 Å². The van der Waals surface area contributed by atoms with Crippen LogP contribution in [0.4, 0.5) is 0 Å². The van der Waals surface area contributed by atoms with E-state index in [1.807, 2.05) is 0 Å². The van der Waals surface area contributed by atoms with E-state index < -0.39 is 5.97 Å². The van der Waals surface area contributed by atoms with Gasteiger partial charge in [0.25, 0.3) is 0 Å². The lowest BCUT2D eigenvalue weighted by Gasteiger charge is -1.94. The fourth-order valence-electron chi connectivity index (χ4n) is 0.434. The number of carboxylic acids is 1. The predicted molar refractivity (Wildman–Crippen MR) is 35.8 cm³/mol. The minimum absolute atomic E-state index is 0.546. The van der Waals surface area contributed by atoms with Gasteiger partial charge >= 0.3 is 5.97 Å². The normalized spacial score (nSPS) is 21.5. The summed E-state index contributed by atoms with van der Waals surface area (Å²) in [6, 6.07) is 0. The van der Waals surface area contributed by atoms with Crippen LogP contribution in [-0.4, -0.2) is 22.6 Å². The first-order valence-corrected chi connectivity index (χ1v) is 4.13. The molecule has 4 heteroatoms. The zero-order chi connectivity index (χ0) is 5.98. The molecular weight excluding hydrogens is 144 g/mol. The molecule has 1 aliphatic rings. The summed E-state index contributed by atoms with van der Waals surface area (Å²) >= 11 is 2.86. The molecule has 1 radical (unpaired) electrons. The largest absolute Gasteiger partial charge is 0.480 e. The van der Waals surface area contributed by atoms with E-state index in [1.54, 1.807) is 0 Å². The first-order valence-electron chi connectivity index (χ1n) is 2.16. The highest BCUT2D eigenvalue weighted by molar-refractivity contribution is 8.24. The van der Waals surface area contributed by atoms with Crippen LogP contribution in [0, 0.1) is 4.58 Å². The van der Waals surface area contributed by atoms with Crippen molar-refractivity contribution in [2.45, 2.75) is 0 Å². The average Bonchev–Trinajstić information content (AvgIpc) is 2.12. The van der Waals surface area contributed by atoms with E-state index in [0.717, 1.165) is 11.5 Å². The van der Waals surface area contributed by atoms with Crippen molar-refractivity contribution in [1.29, 1.82) is 0 Å². The van der Waals surface area contributed by atoms with Crippen LogP contribution >= 0.6 is 23.5 Å². The minimum atomic E-state index is -0.766. The molecule has 0 aliphatic carbocycles. The van der Waals surface area contributed by atoms with Gasteiger partial charge in [-0.25, -0.2) is 4.79 Å². The Morgan fingerprint density at radius 2 is 2.00 bits per heavy atom. The van der Waals surface area contributed by atoms with E-state index in [0.29, 0.717) is 4.58 Å². The molecule has 2 nitrogen and oxygen atoms in total. The molecule has 0 atom stereocenters. The Hall–Kier alpha value is 0.170. The second kappa shape index (κ2) is 2.64. The third-order valence-electron chi connectivity index (χ3n) is 0.724. The number of aliphatic carboxylic acids is 1. The SMILES string of the molecule is O=C(O)[C]1SCCS1. The zero-order valence-electron chi connectivity index (χ0n) is 4.09. The Labute approximate surface area is 56.0 Å². The molecule has 1 aliphatic heterocycles. The second-order valence-electron chi connectivity index (χ2n) is 1.29. The van der Waals surface area contributed by atoms with Crippen LogP contribution in [0.25, 0.3) is 0 Å². The zero-order valence-corrected chi connectivity index (χ0v) is 5.72. The fraction of sp³-hybridized carbons (Fsp3) is 0.500. The van der Waals surface area contributed by atoms with Gasteiger partial charge in [0.05, 0.1) is 0 Å². The summed E-state index contributed by atoms with van der Waals surface area (Å²) in [6.07, 6.45) is 0. The quantitative estimate of drug-likeness (QED) is 0.604. The van der Waals surface area contributed by atoms with E-state index in [-0.39, 0.29) is 0 Å². The van der Waals surface area contributed by atoms with E-state index >= 15 is 0 Å². The van der Waals surface area contributed by atoms with Crippen molar-refractivity contribution in [1.82, 2.24) is 0 Å². The maximum atomic E-state index is 10.1. The summed E-state index contributed by atoms with van der Waals surface area (Å²) in [7, 11) is 0. The van der Waals surface area contributed by atoms with Crippen molar-refractivity contribution in [2.75, 3.05) is 11.5 Å². The smallest absolute Gasteiger partial charge is 0.333 e. The van der Waals surface area contributed by atoms with E-state index in [9.17, 15) is 4.79 Å². The Balaban J connectivity index is 2.35. The number of hydrogen-bond acceptors (Lipinski definition) is 3. The first-order chi connectivity index (χ1) is 3.80. The van der Waals surface area contributed by atoms with Gasteiger partial charge in [-0.05, 0) is 0 Å². The van der Waals surface area contributed by atoms with Gasteiger partial charge < -0.3 is 5.11 Å². The summed E-state index contributed by atoms with van der Waals surface area (Å²) in [5.74, 6) is 1.14. The summed E-state index contributed by atoms with van der Waals surface area (Å²) in [5, 5.41) is 8.33. The lowest BCUT2D eigenvalue weighted by molar-refractivity contribution is -0.132. The summed E-state index contributed by atoms with van der Waals surface area (Å²) in [4.78, 5) is 10.1. The topological polar surface area (TPSA) is 37.3 Å². The molecule has 1 saturated heterocycles. The van der Waals surface area contributed by atoms with Gasteiger partial charge in [0.2, 0.25) is 0 Å². The molecule has 0 aromatic carbocycles. The highest BCUT2D eigenvalue weighted by Crippen LogP contribution is 2.38. The van der Waals surface area contributed by atoms with Crippen LogP contribution in [0.3, 0.4) is 0 Å². The van der Waals surface area contributed by atoms with Crippen LogP contribution in [0.2, 0.25) is 0 Å². The van der Waals surface area contributed by atoms with Crippen molar-refractivity contribution in [3.63, 3.8) is 0 Å². The standard InChI is InChI=1S/C4H5O2S2/c5-3(6)4-7-1-2-8-4/h1-2H2,(H,5,6). The molecule has 1 heterocycles. The third kappa shape index (κ3) is 1.32. The van der Waals surface area contributed by atoms with Gasteiger partial charge in [-0.1, -0.05) is 0 Å². The summed E-state index contributed by atoms with van der Waals surface area (Å²) in [5.41, 5.74) is 0. The van der Waals surface area contributed by atoms with Crippen molar-refractivity contribution >= 4 is 29.5 Å². The van der Waals surface area contributed by atoms with Crippen molar-refractivity contribution in [3.8, 4) is 0 Å². The number of carbonyl (C=O) groups is 1. The van der Waals surface area contributed by atoms with Gasteiger partial charge in [-0.2, -0.15) is 0 Å². The Morgan fingerprint density at radius 3 is 2.25 bits per heavy atom. The van der Waals surface area contributed by atoms with Crippen molar-refractivity contribution in [2.24, 2.45) is 0 Å². The van der Waals surface area contributed by atoms with Gasteiger partial charge in [0.1, 0.15) is 0 Å². The molecule has 0 amide bonds. The number of hydrogen-bond donors (Lipinski definition) is 1. The Kier molecular flexibility index (Phi) is 2.08. The summed E-state index contributed by atoms with van der Waals surface area (Å²) in [6.45, 7) is 0. The number of thioether (sulfide) groups is 2. The predicted octanol–water partition coefficient (Wildman–Crippen LogP) is 1.04. The molecule has 0 unspecified atom stereocenters. The highest BCUT2D eigenvalue weighted by atomic mass is 32.2. The Morgan fingerprint density at radius 1 is 1.50 bits per heavy atom. The molecule has 1 N–H and O–H groups in total. The van der Waals surface area contributed by atoms with Gasteiger partial charge in [0, 0.05) is 11.5 Å². The molecule has 0 aromatic heterocycles. The van der Waals surface area contributed by atoms with Gasteiger partial charge in [-0.15, -0.1) is 23.5 Å². The fourth-order valence-corrected chi connectivity index (χ4v) is 2.55. The molecule has 1 fully saturated rings. The lowest BCUT2D eigenvalue weighted by atomic mass is 10.8. The molecular formula is C4H5O2S2. The molecule has 8 heavy (non-hydrogen) atoms. The van der Waals surface area contributed by atoms with E-state index in [1.165, 1.54) is 23.5 Å². The minimum Gasteiger partial charge on any atom is -0.480 e. The van der Waals surface area contributed by atoms with Crippen LogP contribution in [-0.2, 0) is 4.79 Å². The van der Waals surface area contributed by atoms with Crippen LogP contribution in [0.5, 0.6) is 0 Å². The van der Waals surface area contributed by atoms with Crippen LogP contribution in [0.1, 0.15) is 0 Å². The number of rotatable bonds is 1. The Bertz CT molecular complexity index is 98.2. The second-order valence-corrected chi connectivity index (χ2v) is 3.76. The molecule has 0 spiro atoms.